The van der Waals surface area contributed by atoms with Gasteiger partial charge in [-0.2, -0.15) is 5.10 Å². The van der Waals surface area contributed by atoms with Gasteiger partial charge in [0.1, 0.15) is 11.9 Å². The average molecular weight is 489 g/mol. The summed E-state index contributed by atoms with van der Waals surface area (Å²) in [4.78, 5) is 18.4. The zero-order valence-corrected chi connectivity index (χ0v) is 18.9. The van der Waals surface area contributed by atoms with Gasteiger partial charge in [0.2, 0.25) is 5.91 Å². The number of thiazole rings is 1. The van der Waals surface area contributed by atoms with Gasteiger partial charge in [-0.3, -0.25) is 9.89 Å². The summed E-state index contributed by atoms with van der Waals surface area (Å²) in [6.45, 7) is 2.88. The summed E-state index contributed by atoms with van der Waals surface area (Å²) in [6.07, 6.45) is 0.854. The Morgan fingerprint density at radius 1 is 1.30 bits per heavy atom. The van der Waals surface area contributed by atoms with Crippen molar-refractivity contribution in [3.63, 3.8) is 0 Å². The van der Waals surface area contributed by atoms with Crippen LogP contribution in [0.4, 0.5) is 19.6 Å². The second-order valence-corrected chi connectivity index (χ2v) is 9.70. The molecule has 0 radical (unpaired) electrons. The minimum atomic E-state index is -1.07. The maximum Gasteiger partial charge on any atom is 0.232 e. The summed E-state index contributed by atoms with van der Waals surface area (Å²) in [6, 6.07) is 5.50. The first-order valence-electron chi connectivity index (χ1n) is 10.7. The molecule has 0 spiro atoms. The molecule has 6 rings (SSSR count). The second-order valence-electron chi connectivity index (χ2n) is 8.30. The molecule has 0 unspecified atom stereocenters. The van der Waals surface area contributed by atoms with Crippen LogP contribution in [0.3, 0.4) is 0 Å². The number of hydrogen-bond acceptors (Lipinski definition) is 6. The zero-order valence-electron chi connectivity index (χ0n) is 17.3. The Hall–Kier alpha value is -2.82. The molecular formula is C22H19ClF2N6OS. The molecule has 170 valence electrons. The molecule has 1 saturated heterocycles. The van der Waals surface area contributed by atoms with Gasteiger partial charge in [0, 0.05) is 37.1 Å². The van der Waals surface area contributed by atoms with E-state index in [9.17, 15) is 9.18 Å². The molecule has 2 fully saturated rings. The first-order chi connectivity index (χ1) is 16.0. The van der Waals surface area contributed by atoms with Gasteiger partial charge in [-0.15, -0.1) is 0 Å². The van der Waals surface area contributed by atoms with E-state index in [2.05, 4.69) is 25.8 Å². The maximum absolute atomic E-state index is 15.6. The van der Waals surface area contributed by atoms with E-state index in [1.807, 2.05) is 17.0 Å². The van der Waals surface area contributed by atoms with Crippen molar-refractivity contribution >= 4 is 60.8 Å². The van der Waals surface area contributed by atoms with Crippen molar-refractivity contribution in [2.24, 2.45) is 5.92 Å². The number of hydrogen-bond donors (Lipinski definition) is 3. The van der Waals surface area contributed by atoms with E-state index in [1.165, 1.54) is 11.3 Å². The van der Waals surface area contributed by atoms with Crippen molar-refractivity contribution in [1.29, 1.82) is 0 Å². The number of nitrogens with one attached hydrogen (secondary N) is 3. The van der Waals surface area contributed by atoms with E-state index >= 15 is 4.39 Å². The number of carbonyl (C=O) groups is 1. The molecule has 2 aromatic carbocycles. The number of aromatic amines is 1. The highest BCUT2D eigenvalue weighted by Crippen LogP contribution is 2.44. The van der Waals surface area contributed by atoms with Gasteiger partial charge in [0.05, 0.1) is 32.9 Å². The number of alkyl halides is 1. The Kier molecular flexibility index (Phi) is 4.97. The average Bonchev–Trinajstić information content (AvgIpc) is 3.18. The normalized spacial score (nSPS) is 20.5. The van der Waals surface area contributed by atoms with Crippen LogP contribution in [0.5, 0.6) is 0 Å². The van der Waals surface area contributed by atoms with Crippen LogP contribution < -0.4 is 15.5 Å². The largest absolute Gasteiger partial charge is 0.365 e. The molecule has 0 bridgehead atoms. The van der Waals surface area contributed by atoms with Crippen LogP contribution in [-0.2, 0) is 4.79 Å². The Morgan fingerprint density at radius 2 is 2.09 bits per heavy atom. The standard InChI is InChI=1S/C22H19ClF2N6OS/c23-17-16(12-9-27-30-19(12)20(18(17)25)31-5-3-26-4-6-31)10-1-2-14-15(7-10)33-22(28-14)29-21(32)11-8-13(11)24/h1-2,7,9,11,13,26H,3-6,8H2,(H,27,30)(H,28,29,32)/t11-,13+/m1/s1. The first-order valence-corrected chi connectivity index (χ1v) is 11.9. The van der Waals surface area contributed by atoms with Crippen LogP contribution in [-0.4, -0.2) is 53.4 Å². The third-order valence-corrected chi connectivity index (χ3v) is 7.44. The van der Waals surface area contributed by atoms with Gasteiger partial charge >= 0.3 is 0 Å². The highest BCUT2D eigenvalue weighted by atomic mass is 35.5. The lowest BCUT2D eigenvalue weighted by Gasteiger charge is -2.30. The van der Waals surface area contributed by atoms with E-state index in [0.717, 1.165) is 28.7 Å². The van der Waals surface area contributed by atoms with Crippen molar-refractivity contribution in [2.45, 2.75) is 12.6 Å². The number of anilines is 2. The fourth-order valence-electron chi connectivity index (χ4n) is 4.33. The van der Waals surface area contributed by atoms with Gasteiger partial charge in [0.15, 0.2) is 10.9 Å². The maximum atomic E-state index is 15.6. The number of H-pyrrole nitrogens is 1. The van der Waals surface area contributed by atoms with Crippen LogP contribution in [0.1, 0.15) is 6.42 Å². The topological polar surface area (TPSA) is 85.9 Å². The Morgan fingerprint density at radius 3 is 2.85 bits per heavy atom. The molecule has 1 amide bonds. The predicted molar refractivity (Wildman–Crippen MR) is 126 cm³/mol. The minimum Gasteiger partial charge on any atom is -0.365 e. The van der Waals surface area contributed by atoms with Crippen LogP contribution in [0.25, 0.3) is 32.2 Å². The van der Waals surface area contributed by atoms with Crippen molar-refractivity contribution < 1.29 is 13.6 Å². The number of amides is 1. The lowest BCUT2D eigenvalue weighted by Crippen LogP contribution is -2.44. The zero-order chi connectivity index (χ0) is 22.7. The fourth-order valence-corrected chi connectivity index (χ4v) is 5.54. The minimum absolute atomic E-state index is 0.0394. The smallest absolute Gasteiger partial charge is 0.232 e. The summed E-state index contributed by atoms with van der Waals surface area (Å²) in [5.74, 6) is -1.42. The lowest BCUT2D eigenvalue weighted by molar-refractivity contribution is -0.117. The van der Waals surface area contributed by atoms with Gasteiger partial charge in [-0.05, 0) is 24.1 Å². The molecule has 2 atom stereocenters. The van der Waals surface area contributed by atoms with E-state index in [-0.39, 0.29) is 17.4 Å². The molecule has 2 aromatic heterocycles. The van der Waals surface area contributed by atoms with Crippen LogP contribution >= 0.6 is 22.9 Å². The number of rotatable bonds is 4. The van der Waals surface area contributed by atoms with Gasteiger partial charge < -0.3 is 15.5 Å². The summed E-state index contributed by atoms with van der Waals surface area (Å²) in [7, 11) is 0. The Bertz CT molecular complexity index is 1400. The summed E-state index contributed by atoms with van der Waals surface area (Å²) in [5.41, 5.74) is 3.00. The molecule has 11 heteroatoms. The lowest BCUT2D eigenvalue weighted by atomic mass is 9.99. The number of benzene rings is 2. The molecule has 1 saturated carbocycles. The molecule has 2 aliphatic rings. The summed E-state index contributed by atoms with van der Waals surface area (Å²) >= 11 is 7.89. The van der Waals surface area contributed by atoms with E-state index in [1.54, 1.807) is 12.3 Å². The third-order valence-electron chi connectivity index (χ3n) is 6.16. The van der Waals surface area contributed by atoms with Crippen molar-refractivity contribution in [2.75, 3.05) is 36.4 Å². The van der Waals surface area contributed by atoms with Gasteiger partial charge in [-0.1, -0.05) is 29.0 Å². The number of carbonyl (C=O) groups excluding carboxylic acids is 1. The third kappa shape index (κ3) is 3.53. The van der Waals surface area contributed by atoms with E-state index < -0.39 is 17.9 Å². The molecule has 3 heterocycles. The Labute approximate surface area is 196 Å². The fraction of sp³-hybridized carbons (Fsp3) is 0.318. The highest BCUT2D eigenvalue weighted by molar-refractivity contribution is 7.22. The van der Waals surface area contributed by atoms with Crippen molar-refractivity contribution in [3.05, 3.63) is 35.2 Å². The molecule has 7 nitrogen and oxygen atoms in total. The van der Waals surface area contributed by atoms with Crippen molar-refractivity contribution in [3.8, 4) is 11.1 Å². The van der Waals surface area contributed by atoms with Gasteiger partial charge in [-0.25, -0.2) is 13.8 Å². The molecule has 3 N–H and O–H groups in total. The predicted octanol–water partition coefficient (Wildman–Crippen LogP) is 4.34. The van der Waals surface area contributed by atoms with Crippen LogP contribution in [0.15, 0.2) is 24.4 Å². The number of fused-ring (bicyclic) bond motifs is 2. The number of aromatic nitrogens is 3. The first kappa shape index (κ1) is 20.8. The molecular weight excluding hydrogens is 470 g/mol. The van der Waals surface area contributed by atoms with E-state index in [0.29, 0.717) is 40.5 Å². The monoisotopic (exact) mass is 488 g/mol. The molecule has 1 aliphatic heterocycles. The second kappa shape index (κ2) is 7.89. The van der Waals surface area contributed by atoms with Crippen molar-refractivity contribution in [1.82, 2.24) is 20.5 Å². The number of piperazine rings is 1. The quantitative estimate of drug-likeness (QED) is 0.398. The number of halogens is 3. The van der Waals surface area contributed by atoms with Crippen LogP contribution in [0.2, 0.25) is 5.02 Å². The molecule has 33 heavy (non-hydrogen) atoms. The molecule has 4 aromatic rings. The highest BCUT2D eigenvalue weighted by Gasteiger charge is 2.43. The summed E-state index contributed by atoms with van der Waals surface area (Å²) in [5, 5.41) is 14.3. The Balaban J connectivity index is 1.41. The summed E-state index contributed by atoms with van der Waals surface area (Å²) < 4.78 is 29.5. The van der Waals surface area contributed by atoms with Crippen LogP contribution in [0, 0.1) is 11.7 Å². The molecule has 1 aliphatic carbocycles. The SMILES string of the molecule is O=C(Nc1nc2ccc(-c3c(Cl)c(F)c(N4CCNCC4)c4[nH]ncc34)cc2s1)[C@@H]1C[C@@H]1F. The number of nitrogens with zero attached hydrogens (tertiary/aromatic N) is 3. The van der Waals surface area contributed by atoms with E-state index in [4.69, 9.17) is 11.6 Å². The van der Waals surface area contributed by atoms with Gasteiger partial charge in [0.25, 0.3) is 0 Å².